The van der Waals surface area contributed by atoms with Crippen LogP contribution in [-0.4, -0.2) is 50.5 Å². The van der Waals surface area contributed by atoms with E-state index in [1.54, 1.807) is 24.0 Å². The van der Waals surface area contributed by atoms with Gasteiger partial charge >= 0.3 is 0 Å². The number of hydrogen-bond donors (Lipinski definition) is 1. The first-order valence-electron chi connectivity index (χ1n) is 10.9. The number of aryl methyl sites for hydroxylation is 1. The van der Waals surface area contributed by atoms with Crippen molar-refractivity contribution in [3.8, 4) is 0 Å². The summed E-state index contributed by atoms with van der Waals surface area (Å²) in [4.78, 5) is 27.2. The molecule has 2 rings (SSSR count). The molecule has 0 saturated carbocycles. The lowest BCUT2D eigenvalue weighted by molar-refractivity contribution is -0.140. The number of hydrogen-bond acceptors (Lipinski definition) is 4. The zero-order valence-electron chi connectivity index (χ0n) is 19.5. The van der Waals surface area contributed by atoms with Crippen LogP contribution in [0.4, 0.5) is 5.69 Å². The lowest BCUT2D eigenvalue weighted by Crippen LogP contribution is -2.47. The van der Waals surface area contributed by atoms with Crippen molar-refractivity contribution >= 4 is 43.5 Å². The summed E-state index contributed by atoms with van der Waals surface area (Å²) >= 11 is 3.40. The molecule has 0 aromatic heterocycles. The summed E-state index contributed by atoms with van der Waals surface area (Å²) in [5, 5.41) is 2.77. The number of nitrogens with one attached hydrogen (secondary N) is 1. The van der Waals surface area contributed by atoms with Crippen LogP contribution >= 0.6 is 15.9 Å². The summed E-state index contributed by atoms with van der Waals surface area (Å²) < 4.78 is 27.1. The van der Waals surface area contributed by atoms with Gasteiger partial charge in [-0.15, -0.1) is 0 Å². The fourth-order valence-corrected chi connectivity index (χ4v) is 4.80. The van der Waals surface area contributed by atoms with E-state index in [0.717, 1.165) is 21.9 Å². The quantitative estimate of drug-likeness (QED) is 0.471. The summed E-state index contributed by atoms with van der Waals surface area (Å²) in [6.07, 6.45) is 1.62. The summed E-state index contributed by atoms with van der Waals surface area (Å²) in [6.45, 7) is 6.33. The summed E-state index contributed by atoms with van der Waals surface area (Å²) in [5.74, 6) is -0.421. The molecule has 0 fully saturated rings. The van der Waals surface area contributed by atoms with Crippen molar-refractivity contribution < 1.29 is 18.0 Å². The van der Waals surface area contributed by atoms with Crippen molar-refractivity contribution in [3.05, 3.63) is 64.1 Å². The smallest absolute Gasteiger partial charge is 0.242 e. The molecule has 2 aromatic carbocycles. The van der Waals surface area contributed by atoms with E-state index in [-0.39, 0.29) is 31.3 Å². The number of benzene rings is 2. The fraction of sp³-hybridized carbons (Fsp3) is 0.417. The van der Waals surface area contributed by atoms with Crippen LogP contribution in [0.3, 0.4) is 0 Å². The van der Waals surface area contributed by atoms with Crippen LogP contribution < -0.4 is 9.62 Å². The minimum atomic E-state index is -3.51. The highest BCUT2D eigenvalue weighted by Gasteiger charge is 2.26. The number of nitrogens with zero attached hydrogens (tertiary/aromatic N) is 2. The topological polar surface area (TPSA) is 86.8 Å². The van der Waals surface area contributed by atoms with Crippen molar-refractivity contribution in [2.45, 2.75) is 46.2 Å². The Morgan fingerprint density at radius 1 is 1.09 bits per heavy atom. The second-order valence-corrected chi connectivity index (χ2v) is 10.8. The number of halogens is 1. The molecule has 33 heavy (non-hydrogen) atoms. The highest BCUT2D eigenvalue weighted by Crippen LogP contribution is 2.23. The Labute approximate surface area is 205 Å². The molecule has 1 atom stereocenters. The maximum Gasteiger partial charge on any atom is 0.242 e. The second-order valence-electron chi connectivity index (χ2n) is 7.94. The van der Waals surface area contributed by atoms with Gasteiger partial charge in [0.15, 0.2) is 0 Å². The number of sulfonamides is 1. The van der Waals surface area contributed by atoms with Gasteiger partial charge in [-0.05, 0) is 56.5 Å². The highest BCUT2D eigenvalue weighted by molar-refractivity contribution is 9.10. The van der Waals surface area contributed by atoms with Crippen LogP contribution in [0.1, 0.15) is 37.8 Å². The van der Waals surface area contributed by atoms with Crippen LogP contribution in [0.15, 0.2) is 53.0 Å². The average Bonchev–Trinajstić information content (AvgIpc) is 2.76. The van der Waals surface area contributed by atoms with Gasteiger partial charge in [0.2, 0.25) is 21.8 Å². The van der Waals surface area contributed by atoms with Crippen LogP contribution in [0.5, 0.6) is 0 Å². The molecule has 0 aliphatic carbocycles. The summed E-state index contributed by atoms with van der Waals surface area (Å²) in [7, 11) is -3.51. The Hall–Kier alpha value is -2.39. The Balaban J connectivity index is 2.15. The number of likely N-dealkylation sites (N-methyl/N-ethyl adjacent to an activating group) is 1. The van der Waals surface area contributed by atoms with Gasteiger partial charge in [0, 0.05) is 30.5 Å². The third-order valence-electron chi connectivity index (χ3n) is 5.32. The number of carbonyl (C=O) groups excluding carboxylic acids is 2. The fourth-order valence-electron chi connectivity index (χ4n) is 3.52. The largest absolute Gasteiger partial charge is 0.355 e. The molecule has 0 aliphatic rings. The maximum absolute atomic E-state index is 13.2. The van der Waals surface area contributed by atoms with Gasteiger partial charge in [0.05, 0.1) is 11.9 Å². The van der Waals surface area contributed by atoms with Crippen LogP contribution in [0.25, 0.3) is 0 Å². The number of anilines is 1. The predicted molar refractivity (Wildman–Crippen MR) is 135 cm³/mol. The van der Waals surface area contributed by atoms with Gasteiger partial charge in [0.25, 0.3) is 0 Å². The summed E-state index contributed by atoms with van der Waals surface area (Å²) in [5.41, 5.74) is 2.35. The van der Waals surface area contributed by atoms with E-state index in [9.17, 15) is 18.0 Å². The average molecular weight is 539 g/mol. The van der Waals surface area contributed by atoms with Gasteiger partial charge in [-0.3, -0.25) is 13.9 Å². The van der Waals surface area contributed by atoms with Crippen LogP contribution in [0.2, 0.25) is 0 Å². The molecule has 1 N–H and O–H groups in total. The Morgan fingerprint density at radius 2 is 1.73 bits per heavy atom. The summed E-state index contributed by atoms with van der Waals surface area (Å²) in [6, 6.07) is 14.2. The van der Waals surface area contributed by atoms with E-state index in [1.165, 1.54) is 4.31 Å². The molecule has 0 heterocycles. The van der Waals surface area contributed by atoms with Crippen molar-refractivity contribution in [1.29, 1.82) is 0 Å². The molecule has 9 heteroatoms. The Bertz CT molecular complexity index is 1060. The lowest BCUT2D eigenvalue weighted by Gasteiger charge is -2.29. The second kappa shape index (κ2) is 12.2. The van der Waals surface area contributed by atoms with E-state index >= 15 is 0 Å². The molecule has 180 valence electrons. The first-order chi connectivity index (χ1) is 15.5. The SMILES string of the molecule is CCNC(=O)C(C)N(Cc1ccc(Br)cc1)C(=O)CCCN(c1ccccc1C)S(C)(=O)=O. The van der Waals surface area contributed by atoms with E-state index < -0.39 is 16.1 Å². The molecule has 2 aromatic rings. The number of amides is 2. The molecule has 0 spiro atoms. The van der Waals surface area contributed by atoms with Crippen molar-refractivity contribution in [1.82, 2.24) is 10.2 Å². The molecule has 2 amide bonds. The minimum Gasteiger partial charge on any atom is -0.355 e. The van der Waals surface area contributed by atoms with Gasteiger partial charge in [-0.2, -0.15) is 0 Å². The first kappa shape index (κ1) is 26.9. The van der Waals surface area contributed by atoms with Crippen molar-refractivity contribution in [3.63, 3.8) is 0 Å². The normalized spacial score (nSPS) is 12.2. The molecule has 0 radical (unpaired) electrons. The molecule has 0 bridgehead atoms. The van der Waals surface area contributed by atoms with Crippen molar-refractivity contribution in [2.75, 3.05) is 23.7 Å². The number of carbonyl (C=O) groups is 2. The minimum absolute atomic E-state index is 0.123. The molecule has 1 unspecified atom stereocenters. The monoisotopic (exact) mass is 537 g/mol. The van der Waals surface area contributed by atoms with Gasteiger partial charge < -0.3 is 10.2 Å². The third-order valence-corrected chi connectivity index (χ3v) is 7.03. The standard InChI is InChI=1S/C24H32BrN3O4S/c1-5-26-24(30)19(3)27(17-20-12-14-21(25)15-13-20)23(29)11-8-16-28(33(4,31)32)22-10-7-6-9-18(22)2/h6-7,9-10,12-15,19H,5,8,11,16-17H2,1-4H3,(H,26,30). The van der Waals surface area contributed by atoms with E-state index in [0.29, 0.717) is 18.7 Å². The first-order valence-corrected chi connectivity index (χ1v) is 13.5. The number of rotatable bonds is 11. The predicted octanol–water partition coefficient (Wildman–Crippen LogP) is 3.86. The molecule has 7 nitrogen and oxygen atoms in total. The van der Waals surface area contributed by atoms with E-state index in [1.807, 2.05) is 50.2 Å². The zero-order valence-corrected chi connectivity index (χ0v) is 21.9. The Morgan fingerprint density at radius 3 is 2.30 bits per heavy atom. The molecule has 0 aliphatic heterocycles. The lowest BCUT2D eigenvalue weighted by atomic mass is 10.1. The van der Waals surface area contributed by atoms with Crippen molar-refractivity contribution in [2.24, 2.45) is 0 Å². The van der Waals surface area contributed by atoms with E-state index in [4.69, 9.17) is 0 Å². The highest BCUT2D eigenvalue weighted by atomic mass is 79.9. The zero-order chi connectivity index (χ0) is 24.6. The third kappa shape index (κ3) is 7.85. The Kier molecular flexibility index (Phi) is 9.91. The molecular weight excluding hydrogens is 506 g/mol. The van der Waals surface area contributed by atoms with E-state index in [2.05, 4.69) is 21.2 Å². The van der Waals surface area contributed by atoms with Gasteiger partial charge in [0.1, 0.15) is 6.04 Å². The van der Waals surface area contributed by atoms with Gasteiger partial charge in [-0.1, -0.05) is 46.3 Å². The van der Waals surface area contributed by atoms with Crippen LogP contribution in [-0.2, 0) is 26.2 Å². The maximum atomic E-state index is 13.2. The molecule has 0 saturated heterocycles. The molecular formula is C24H32BrN3O4S. The van der Waals surface area contributed by atoms with Crippen LogP contribution in [0, 0.1) is 6.92 Å². The van der Waals surface area contributed by atoms with Gasteiger partial charge in [-0.25, -0.2) is 8.42 Å². The number of para-hydroxylation sites is 1.